The lowest BCUT2D eigenvalue weighted by Gasteiger charge is -2.26. The van der Waals surface area contributed by atoms with Crippen molar-refractivity contribution >= 4 is 39.0 Å². The zero-order chi connectivity index (χ0) is 18.6. The van der Waals surface area contributed by atoms with Gasteiger partial charge in [0.15, 0.2) is 11.5 Å². The van der Waals surface area contributed by atoms with Gasteiger partial charge in [-0.3, -0.25) is 9.30 Å². The summed E-state index contributed by atoms with van der Waals surface area (Å²) >= 11 is 9.93. The molecule has 8 heteroatoms. The molecule has 2 aromatic heterocycles. The number of ether oxygens (including phenoxy) is 1. The molecule has 1 aliphatic heterocycles. The summed E-state index contributed by atoms with van der Waals surface area (Å²) in [5, 5.41) is 4.13. The van der Waals surface area contributed by atoms with Gasteiger partial charge in [0, 0.05) is 31.4 Å². The average Bonchev–Trinajstić information content (AvgIpc) is 3.07. The van der Waals surface area contributed by atoms with E-state index in [0.29, 0.717) is 5.02 Å². The number of fused-ring (bicyclic) bond motifs is 1. The van der Waals surface area contributed by atoms with Crippen LogP contribution in [-0.2, 0) is 4.74 Å². The number of aromatic nitrogens is 3. The van der Waals surface area contributed by atoms with Crippen molar-refractivity contribution in [2.75, 3.05) is 44.7 Å². The Bertz CT molecular complexity index is 926. The van der Waals surface area contributed by atoms with Crippen molar-refractivity contribution in [1.82, 2.24) is 19.3 Å². The van der Waals surface area contributed by atoms with Crippen molar-refractivity contribution in [1.29, 1.82) is 0 Å². The molecule has 0 saturated carbocycles. The summed E-state index contributed by atoms with van der Waals surface area (Å²) in [6.45, 7) is 5.57. The molecule has 6 nitrogen and oxygen atoms in total. The first-order valence-corrected chi connectivity index (χ1v) is 10.2. The molecule has 0 bridgehead atoms. The third-order valence-corrected chi connectivity index (χ3v) is 5.56. The first kappa shape index (κ1) is 18.7. The molecule has 1 N–H and O–H groups in total. The number of morpholine rings is 1. The molecule has 0 radical (unpaired) electrons. The Morgan fingerprint density at radius 2 is 2.04 bits per heavy atom. The molecule has 142 valence electrons. The highest BCUT2D eigenvalue weighted by Gasteiger charge is 2.14. The lowest BCUT2D eigenvalue weighted by atomic mass is 10.1. The fourth-order valence-electron chi connectivity index (χ4n) is 3.21. The first-order valence-electron chi connectivity index (χ1n) is 9.05. The second kappa shape index (κ2) is 8.56. The van der Waals surface area contributed by atoms with Crippen LogP contribution in [-0.4, -0.2) is 58.7 Å². The topological polar surface area (TPSA) is 54.7 Å². The Balaban J connectivity index is 1.53. The second-order valence-corrected chi connectivity index (χ2v) is 7.68. The lowest BCUT2D eigenvalue weighted by Crippen LogP contribution is -2.37. The van der Waals surface area contributed by atoms with Crippen molar-refractivity contribution in [2.45, 2.75) is 6.42 Å². The van der Waals surface area contributed by atoms with Gasteiger partial charge in [0.25, 0.3) is 0 Å². The molecule has 0 unspecified atom stereocenters. The Morgan fingerprint density at radius 1 is 1.22 bits per heavy atom. The average molecular weight is 451 g/mol. The fourth-order valence-corrected chi connectivity index (χ4v) is 3.82. The number of anilines is 1. The highest BCUT2D eigenvalue weighted by Crippen LogP contribution is 2.29. The Kier molecular flexibility index (Phi) is 5.92. The summed E-state index contributed by atoms with van der Waals surface area (Å²) < 4.78 is 8.26. The summed E-state index contributed by atoms with van der Waals surface area (Å²) in [5.74, 6) is 0.764. The van der Waals surface area contributed by atoms with Gasteiger partial charge in [0.2, 0.25) is 0 Å². The minimum atomic E-state index is 0.679. The van der Waals surface area contributed by atoms with Crippen LogP contribution >= 0.6 is 27.5 Å². The van der Waals surface area contributed by atoms with Gasteiger partial charge in [-0.15, -0.1) is 0 Å². The third-order valence-electron chi connectivity index (χ3n) is 4.64. The Morgan fingerprint density at radius 3 is 2.85 bits per heavy atom. The number of benzene rings is 1. The van der Waals surface area contributed by atoms with Gasteiger partial charge in [-0.05, 0) is 35.0 Å². The predicted octanol–water partition coefficient (Wildman–Crippen LogP) is 3.95. The highest BCUT2D eigenvalue weighted by atomic mass is 79.9. The molecule has 27 heavy (non-hydrogen) atoms. The number of imidazole rings is 1. The van der Waals surface area contributed by atoms with E-state index in [-0.39, 0.29) is 0 Å². The normalized spacial score (nSPS) is 15.3. The van der Waals surface area contributed by atoms with E-state index in [1.165, 1.54) is 0 Å². The van der Waals surface area contributed by atoms with Gasteiger partial charge in [-0.25, -0.2) is 9.97 Å². The van der Waals surface area contributed by atoms with Crippen molar-refractivity contribution < 1.29 is 4.74 Å². The Labute approximate surface area is 171 Å². The molecule has 0 atom stereocenters. The molecule has 0 spiro atoms. The number of hydrogen-bond donors (Lipinski definition) is 1. The van der Waals surface area contributed by atoms with Gasteiger partial charge < -0.3 is 10.1 Å². The third kappa shape index (κ3) is 4.27. The molecule has 3 heterocycles. The lowest BCUT2D eigenvalue weighted by molar-refractivity contribution is 0.0378. The maximum atomic E-state index is 6.38. The van der Waals surface area contributed by atoms with E-state index in [4.69, 9.17) is 21.3 Å². The van der Waals surface area contributed by atoms with E-state index >= 15 is 0 Å². The first-order chi connectivity index (χ1) is 13.2. The van der Waals surface area contributed by atoms with Crippen molar-refractivity contribution in [2.24, 2.45) is 0 Å². The zero-order valence-electron chi connectivity index (χ0n) is 14.9. The number of hydrogen-bond acceptors (Lipinski definition) is 5. The van der Waals surface area contributed by atoms with E-state index in [9.17, 15) is 0 Å². The number of rotatable bonds is 6. The van der Waals surface area contributed by atoms with Crippen LogP contribution in [0.3, 0.4) is 0 Å². The minimum Gasteiger partial charge on any atom is -0.379 e. The Hall–Kier alpha value is -1.67. The van der Waals surface area contributed by atoms with Gasteiger partial charge in [0.1, 0.15) is 4.60 Å². The fraction of sp³-hybridized carbons (Fsp3) is 0.368. The molecular formula is C19H21BrClN5O. The van der Waals surface area contributed by atoms with Crippen molar-refractivity contribution in [3.63, 3.8) is 0 Å². The summed E-state index contributed by atoms with van der Waals surface area (Å²) in [6.07, 6.45) is 4.77. The maximum Gasteiger partial charge on any atom is 0.181 e. The molecule has 1 saturated heterocycles. The van der Waals surface area contributed by atoms with Crippen molar-refractivity contribution in [3.8, 4) is 11.3 Å². The highest BCUT2D eigenvalue weighted by molar-refractivity contribution is 9.10. The van der Waals surface area contributed by atoms with Gasteiger partial charge in [0.05, 0.1) is 30.1 Å². The molecule has 1 fully saturated rings. The monoisotopic (exact) mass is 449 g/mol. The standard InChI is InChI=1S/C19H21BrClN5O/c20-17-12-23-19-18(22-6-3-7-25-8-10-27-11-9-25)24-16(13-26(17)19)14-4-1-2-5-15(14)21/h1-2,4-5,12-13H,3,6-11H2,(H,22,24). The zero-order valence-corrected chi connectivity index (χ0v) is 17.2. The van der Waals surface area contributed by atoms with Gasteiger partial charge in [-0.2, -0.15) is 0 Å². The van der Waals surface area contributed by atoms with Crippen LogP contribution in [0.4, 0.5) is 5.82 Å². The number of nitrogens with zero attached hydrogens (tertiary/aromatic N) is 4. The number of nitrogens with one attached hydrogen (secondary N) is 1. The molecule has 0 amide bonds. The maximum absolute atomic E-state index is 6.38. The van der Waals surface area contributed by atoms with E-state index in [1.54, 1.807) is 6.20 Å². The predicted molar refractivity (Wildman–Crippen MR) is 111 cm³/mol. The SMILES string of the molecule is Clc1ccccc1-c1cn2c(Br)cnc2c(NCCCN2CCOCC2)n1. The van der Waals surface area contributed by atoms with Crippen LogP contribution in [0.25, 0.3) is 16.9 Å². The van der Waals surface area contributed by atoms with Gasteiger partial charge >= 0.3 is 0 Å². The second-order valence-electron chi connectivity index (χ2n) is 6.46. The van der Waals surface area contributed by atoms with E-state index in [1.807, 2.05) is 34.9 Å². The van der Waals surface area contributed by atoms with Crippen LogP contribution in [0, 0.1) is 0 Å². The van der Waals surface area contributed by atoms with E-state index < -0.39 is 0 Å². The molecule has 1 aliphatic rings. The van der Waals surface area contributed by atoms with Crippen molar-refractivity contribution in [3.05, 3.63) is 46.3 Å². The largest absolute Gasteiger partial charge is 0.379 e. The number of halogens is 2. The summed E-state index contributed by atoms with van der Waals surface area (Å²) in [7, 11) is 0. The van der Waals surface area contributed by atoms with Crippen LogP contribution in [0.1, 0.15) is 6.42 Å². The molecule has 0 aliphatic carbocycles. The van der Waals surface area contributed by atoms with Crippen LogP contribution in [0.5, 0.6) is 0 Å². The van der Waals surface area contributed by atoms with E-state index in [0.717, 1.165) is 73.1 Å². The van der Waals surface area contributed by atoms with Gasteiger partial charge in [-0.1, -0.05) is 29.8 Å². The smallest absolute Gasteiger partial charge is 0.181 e. The minimum absolute atomic E-state index is 0.679. The van der Waals surface area contributed by atoms with Crippen LogP contribution in [0.2, 0.25) is 5.02 Å². The summed E-state index contributed by atoms with van der Waals surface area (Å²) in [4.78, 5) is 11.7. The summed E-state index contributed by atoms with van der Waals surface area (Å²) in [6, 6.07) is 7.73. The molecule has 4 rings (SSSR count). The van der Waals surface area contributed by atoms with Crippen LogP contribution < -0.4 is 5.32 Å². The van der Waals surface area contributed by atoms with Crippen LogP contribution in [0.15, 0.2) is 41.3 Å². The molecule has 1 aromatic carbocycles. The summed E-state index contributed by atoms with van der Waals surface area (Å²) in [5.41, 5.74) is 2.50. The quantitative estimate of drug-likeness (QED) is 0.576. The molecular weight excluding hydrogens is 430 g/mol. The molecule has 3 aromatic rings. The van der Waals surface area contributed by atoms with E-state index in [2.05, 4.69) is 31.1 Å².